The van der Waals surface area contributed by atoms with Crippen LogP contribution in [0.3, 0.4) is 0 Å². The van der Waals surface area contributed by atoms with Gasteiger partial charge in [-0.1, -0.05) is 48.7 Å². The molecule has 4 aromatic rings. The molecular weight excluding hydrogens is 532 g/mol. The highest BCUT2D eigenvalue weighted by Gasteiger charge is 2.37. The van der Waals surface area contributed by atoms with Gasteiger partial charge in [0.25, 0.3) is 5.91 Å². The molecule has 1 saturated carbocycles. The molecule has 1 aromatic heterocycles. The monoisotopic (exact) mass is 568 g/mol. The minimum atomic E-state index is -0.978. The minimum Gasteiger partial charge on any atom is -0.497 e. The highest BCUT2D eigenvalue weighted by molar-refractivity contribution is 6.03. The maximum absolute atomic E-state index is 14.5. The first-order valence-electron chi connectivity index (χ1n) is 14.3. The molecule has 5 rings (SSSR count). The van der Waals surface area contributed by atoms with E-state index < -0.39 is 12.1 Å². The van der Waals surface area contributed by atoms with Crippen molar-refractivity contribution in [1.29, 1.82) is 0 Å². The summed E-state index contributed by atoms with van der Waals surface area (Å²) in [5, 5.41) is 14.5. The first-order chi connectivity index (χ1) is 20.4. The van der Waals surface area contributed by atoms with Crippen LogP contribution in [-0.2, 0) is 14.4 Å². The van der Waals surface area contributed by atoms with Crippen LogP contribution in [0.1, 0.15) is 63.6 Å². The zero-order chi connectivity index (χ0) is 29.6. The number of nitrogens with one attached hydrogen (secondary N) is 2. The zero-order valence-electron chi connectivity index (χ0n) is 24.1. The fourth-order valence-electron chi connectivity index (χ4n) is 5.52. The van der Waals surface area contributed by atoms with Gasteiger partial charge in [0.1, 0.15) is 23.3 Å². The van der Waals surface area contributed by atoms with Crippen LogP contribution in [0.5, 0.6) is 5.75 Å². The van der Waals surface area contributed by atoms with E-state index in [1.165, 1.54) is 11.8 Å². The lowest BCUT2D eigenvalue weighted by Crippen LogP contribution is -2.48. The summed E-state index contributed by atoms with van der Waals surface area (Å²) in [6.07, 6.45) is 5.08. The Labute approximate surface area is 245 Å². The number of methoxy groups -OCH3 is 1. The van der Waals surface area contributed by atoms with Crippen LogP contribution >= 0.6 is 0 Å². The maximum atomic E-state index is 14.5. The lowest BCUT2D eigenvalue weighted by Gasteiger charge is -2.35. The van der Waals surface area contributed by atoms with E-state index in [4.69, 9.17) is 4.74 Å². The Morgan fingerprint density at radius 1 is 0.952 bits per heavy atom. The molecule has 0 unspecified atom stereocenters. The van der Waals surface area contributed by atoms with Crippen LogP contribution in [0.15, 0.2) is 72.8 Å². The number of anilines is 2. The van der Waals surface area contributed by atoms with E-state index in [-0.39, 0.29) is 23.8 Å². The zero-order valence-corrected chi connectivity index (χ0v) is 24.1. The molecular formula is C32H36N6O4. The molecule has 1 heterocycles. The van der Waals surface area contributed by atoms with Gasteiger partial charge in [0.15, 0.2) is 0 Å². The fraction of sp³-hybridized carbons (Fsp3) is 0.344. The van der Waals surface area contributed by atoms with Crippen molar-refractivity contribution in [3.05, 3.63) is 78.4 Å². The van der Waals surface area contributed by atoms with Gasteiger partial charge in [0, 0.05) is 24.3 Å². The van der Waals surface area contributed by atoms with Crippen molar-refractivity contribution in [2.24, 2.45) is 0 Å². The Morgan fingerprint density at radius 3 is 2.31 bits per heavy atom. The van der Waals surface area contributed by atoms with Gasteiger partial charge < -0.3 is 15.4 Å². The largest absolute Gasteiger partial charge is 0.497 e. The average molecular weight is 569 g/mol. The van der Waals surface area contributed by atoms with Gasteiger partial charge in [-0.3, -0.25) is 19.3 Å². The summed E-state index contributed by atoms with van der Waals surface area (Å²) in [6.45, 7) is 3.19. The smallest absolute Gasteiger partial charge is 0.252 e. The van der Waals surface area contributed by atoms with Crippen molar-refractivity contribution in [2.75, 3.05) is 17.3 Å². The Morgan fingerprint density at radius 2 is 1.64 bits per heavy atom. The summed E-state index contributed by atoms with van der Waals surface area (Å²) in [5.74, 6) is -0.157. The van der Waals surface area contributed by atoms with E-state index >= 15 is 0 Å². The van der Waals surface area contributed by atoms with E-state index in [1.807, 2.05) is 36.4 Å². The number of amides is 3. The second kappa shape index (κ2) is 12.8. The number of carbonyl (C=O) groups excluding carboxylic acids is 3. The predicted octanol–water partition coefficient (Wildman–Crippen LogP) is 5.18. The minimum absolute atomic E-state index is 0.0442. The van der Waals surface area contributed by atoms with Crippen LogP contribution in [0.2, 0.25) is 0 Å². The summed E-state index contributed by atoms with van der Waals surface area (Å²) in [6, 6.07) is 19.8. The summed E-state index contributed by atoms with van der Waals surface area (Å²) in [5.41, 5.74) is 3.11. The van der Waals surface area contributed by atoms with Crippen molar-refractivity contribution < 1.29 is 19.1 Å². The molecule has 2 N–H and O–H groups in total. The fourth-order valence-corrected chi connectivity index (χ4v) is 5.52. The van der Waals surface area contributed by atoms with E-state index in [1.54, 1.807) is 55.1 Å². The van der Waals surface area contributed by atoms with E-state index in [0.29, 0.717) is 33.7 Å². The van der Waals surface area contributed by atoms with Crippen molar-refractivity contribution in [3.63, 3.8) is 0 Å². The van der Waals surface area contributed by atoms with E-state index in [0.717, 1.165) is 32.1 Å². The Balaban J connectivity index is 1.60. The maximum Gasteiger partial charge on any atom is 0.252 e. The number of aromatic nitrogens is 3. The third-order valence-electron chi connectivity index (χ3n) is 7.69. The second-order valence-electron chi connectivity index (χ2n) is 10.7. The molecule has 10 heteroatoms. The Kier molecular flexibility index (Phi) is 8.80. The number of hydrogen-bond donors (Lipinski definition) is 2. The lowest BCUT2D eigenvalue weighted by atomic mass is 9.94. The molecule has 0 aliphatic heterocycles. The third kappa shape index (κ3) is 6.27. The molecule has 3 amide bonds. The molecule has 1 fully saturated rings. The molecule has 218 valence electrons. The van der Waals surface area contributed by atoms with Gasteiger partial charge in [-0.2, -0.15) is 0 Å². The predicted molar refractivity (Wildman–Crippen MR) is 161 cm³/mol. The number of carbonyl (C=O) groups is 3. The number of rotatable bonds is 9. The number of nitrogens with zero attached hydrogens (tertiary/aromatic N) is 4. The average Bonchev–Trinajstić information content (AvgIpc) is 3.44. The van der Waals surface area contributed by atoms with Gasteiger partial charge >= 0.3 is 0 Å². The molecule has 10 nitrogen and oxygen atoms in total. The Bertz CT molecular complexity index is 1540. The number of ether oxygens (including phenoxy) is 1. The first-order valence-corrected chi connectivity index (χ1v) is 14.3. The van der Waals surface area contributed by atoms with Crippen molar-refractivity contribution in [2.45, 2.75) is 64.1 Å². The van der Waals surface area contributed by atoms with E-state index in [2.05, 4.69) is 20.9 Å². The summed E-state index contributed by atoms with van der Waals surface area (Å²) in [4.78, 5) is 41.9. The SMILES string of the molecule is COc1ccc([C@H](C(=O)NC2CCCCC2)N(C(=O)[C@@H](C)n2nnc3ccccc32)c2ccc(NC(C)=O)cc2)cc1. The Hall–Kier alpha value is -4.73. The van der Waals surface area contributed by atoms with Crippen molar-refractivity contribution in [1.82, 2.24) is 20.3 Å². The third-order valence-corrected chi connectivity index (χ3v) is 7.69. The molecule has 1 aliphatic rings. The van der Waals surface area contributed by atoms with Gasteiger partial charge in [0.05, 0.1) is 12.6 Å². The summed E-state index contributed by atoms with van der Waals surface area (Å²) >= 11 is 0. The van der Waals surface area contributed by atoms with Crippen molar-refractivity contribution in [3.8, 4) is 5.75 Å². The van der Waals surface area contributed by atoms with Crippen LogP contribution in [0.4, 0.5) is 11.4 Å². The molecule has 0 spiro atoms. The van der Waals surface area contributed by atoms with Gasteiger partial charge in [0.2, 0.25) is 11.8 Å². The topological polar surface area (TPSA) is 118 Å². The number of para-hydroxylation sites is 1. The van der Waals surface area contributed by atoms with E-state index in [9.17, 15) is 14.4 Å². The van der Waals surface area contributed by atoms with Gasteiger partial charge in [-0.05, 0) is 73.9 Å². The van der Waals surface area contributed by atoms with Crippen LogP contribution < -0.4 is 20.3 Å². The lowest BCUT2D eigenvalue weighted by molar-refractivity contribution is -0.128. The van der Waals surface area contributed by atoms with Gasteiger partial charge in [-0.15, -0.1) is 5.10 Å². The summed E-state index contributed by atoms with van der Waals surface area (Å²) in [7, 11) is 1.58. The standard InChI is InChI=1S/C32H36N6O4/c1-21(38-29-12-8-7-11-28(29)35-36-38)32(41)37(26-17-15-25(16-18-26)33-22(2)39)30(23-13-19-27(42-3)20-14-23)31(40)34-24-9-5-4-6-10-24/h7-8,11-21,24,30H,4-6,9-10H2,1-3H3,(H,33,39)(H,34,40)/t21-,30-/m1/s1. The van der Waals surface area contributed by atoms with Gasteiger partial charge in [-0.25, -0.2) is 4.68 Å². The molecule has 0 saturated heterocycles. The number of hydrogen-bond acceptors (Lipinski definition) is 6. The molecule has 0 bridgehead atoms. The van der Waals surface area contributed by atoms with Crippen LogP contribution in [0.25, 0.3) is 11.0 Å². The number of fused-ring (bicyclic) bond motifs is 1. The highest BCUT2D eigenvalue weighted by Crippen LogP contribution is 2.33. The number of benzene rings is 3. The van der Waals surface area contributed by atoms with Crippen molar-refractivity contribution >= 4 is 40.1 Å². The van der Waals surface area contributed by atoms with Crippen LogP contribution in [-0.4, -0.2) is 45.9 Å². The molecule has 2 atom stereocenters. The molecule has 42 heavy (non-hydrogen) atoms. The normalized spacial score (nSPS) is 15.0. The quantitative estimate of drug-likeness (QED) is 0.287. The molecule has 1 aliphatic carbocycles. The highest BCUT2D eigenvalue weighted by atomic mass is 16.5. The molecule has 3 aromatic carbocycles. The first kappa shape index (κ1) is 28.8. The second-order valence-corrected chi connectivity index (χ2v) is 10.7. The molecule has 0 radical (unpaired) electrons. The summed E-state index contributed by atoms with van der Waals surface area (Å²) < 4.78 is 6.95. The van der Waals surface area contributed by atoms with Crippen LogP contribution in [0, 0.1) is 0 Å².